The van der Waals surface area contributed by atoms with E-state index >= 15 is 0 Å². The highest BCUT2D eigenvalue weighted by molar-refractivity contribution is 6.05. The van der Waals surface area contributed by atoms with Crippen LogP contribution in [-0.4, -0.2) is 32.1 Å². The minimum Gasteiger partial charge on any atom is -0.543 e. The number of benzene rings is 1. The summed E-state index contributed by atoms with van der Waals surface area (Å²) in [5, 5.41) is 1.15. The maximum absolute atomic E-state index is 12.0. The van der Waals surface area contributed by atoms with Gasteiger partial charge in [-0.05, 0) is 37.3 Å². The molecule has 0 spiro atoms. The van der Waals surface area contributed by atoms with Gasteiger partial charge in [-0.2, -0.15) is 0 Å². The van der Waals surface area contributed by atoms with Crippen molar-refractivity contribution in [1.29, 1.82) is 0 Å². The van der Waals surface area contributed by atoms with Crippen LogP contribution in [0.25, 0.3) is 10.9 Å². The van der Waals surface area contributed by atoms with Crippen molar-refractivity contribution in [3.8, 4) is 0 Å². The molecule has 1 fully saturated rings. The Labute approximate surface area is 175 Å². The maximum Gasteiger partial charge on any atom is 0.378 e. The van der Waals surface area contributed by atoms with Crippen LogP contribution in [0.1, 0.15) is 39.0 Å². The van der Waals surface area contributed by atoms with Crippen LogP contribution < -0.4 is 4.90 Å². The van der Waals surface area contributed by atoms with Gasteiger partial charge in [0.15, 0.2) is 0 Å². The van der Waals surface area contributed by atoms with Crippen LogP contribution >= 0.6 is 24.8 Å². The van der Waals surface area contributed by atoms with Gasteiger partial charge in [-0.25, -0.2) is 0 Å². The van der Waals surface area contributed by atoms with Gasteiger partial charge in [-0.3, -0.25) is 9.78 Å². The second kappa shape index (κ2) is 10.8. The highest BCUT2D eigenvalue weighted by atomic mass is 35.5. The molecule has 2 radical (unpaired) electrons. The smallest absolute Gasteiger partial charge is 0.378 e. The Morgan fingerprint density at radius 3 is 2.67 bits per heavy atom. The molecular weight excluding hydrogens is 382 g/mol. The number of hydrogen-bond donors (Lipinski definition) is 0. The summed E-state index contributed by atoms with van der Waals surface area (Å²) in [6, 6.07) is 10.7. The highest BCUT2D eigenvalue weighted by Crippen LogP contribution is 2.41. The van der Waals surface area contributed by atoms with Gasteiger partial charge in [0.2, 0.25) is 0 Å². The second-order valence-corrected chi connectivity index (χ2v) is 7.03. The maximum atomic E-state index is 12.0. The number of pyridine rings is 1. The number of nitrogens with zero attached hydrogens (tertiary/aromatic N) is 2. The van der Waals surface area contributed by atoms with Gasteiger partial charge in [0.05, 0.1) is 17.1 Å². The third kappa shape index (κ3) is 5.08. The van der Waals surface area contributed by atoms with E-state index in [-0.39, 0.29) is 36.7 Å². The van der Waals surface area contributed by atoms with Crippen LogP contribution in [0.4, 0.5) is 5.69 Å². The van der Waals surface area contributed by atoms with Gasteiger partial charge in [0, 0.05) is 24.7 Å². The Morgan fingerprint density at radius 2 is 2.00 bits per heavy atom. The Kier molecular flexibility index (Phi) is 9.41. The lowest BCUT2D eigenvalue weighted by atomic mass is 9.70. The average Bonchev–Trinajstić information content (AvgIpc) is 2.61. The number of anilines is 1. The molecule has 4 nitrogen and oxygen atoms in total. The molecular formula is C20H27BCl2N2O2. The topological polar surface area (TPSA) is 42.4 Å². The van der Waals surface area contributed by atoms with E-state index in [4.69, 9.17) is 8.05 Å². The van der Waals surface area contributed by atoms with Crippen molar-refractivity contribution < 1.29 is 9.45 Å². The summed E-state index contributed by atoms with van der Waals surface area (Å²) in [6.45, 7) is 2.13. The number of aromatic nitrogens is 1. The number of halogens is 2. The van der Waals surface area contributed by atoms with Crippen molar-refractivity contribution in [3.05, 3.63) is 36.5 Å². The Bertz CT molecular complexity index is 735. The van der Waals surface area contributed by atoms with Crippen LogP contribution in [0, 0.1) is 11.8 Å². The lowest BCUT2D eigenvalue weighted by molar-refractivity contribution is -0.142. The lowest BCUT2D eigenvalue weighted by Gasteiger charge is -2.45. The van der Waals surface area contributed by atoms with Gasteiger partial charge >= 0.3 is 8.05 Å². The van der Waals surface area contributed by atoms with E-state index < -0.39 is 0 Å². The molecule has 1 aliphatic carbocycles. The van der Waals surface area contributed by atoms with Crippen LogP contribution in [0.15, 0.2) is 36.5 Å². The first-order valence-corrected chi connectivity index (χ1v) is 9.12. The predicted molar refractivity (Wildman–Crippen MR) is 116 cm³/mol. The lowest BCUT2D eigenvalue weighted by Crippen LogP contribution is -2.47. The monoisotopic (exact) mass is 408 g/mol. The molecule has 0 N–H and O–H groups in total. The molecule has 0 aliphatic heterocycles. The number of rotatable bonds is 7. The zero-order chi connectivity index (χ0) is 17.8. The Hall–Kier alpha value is -1.46. The minimum absolute atomic E-state index is 0. The van der Waals surface area contributed by atoms with Gasteiger partial charge in [-0.1, -0.05) is 38.0 Å². The van der Waals surface area contributed by atoms with Crippen molar-refractivity contribution in [2.75, 3.05) is 11.9 Å². The molecule has 146 valence electrons. The fraction of sp³-hybridized carbons (Fsp3) is 0.500. The van der Waals surface area contributed by atoms with Gasteiger partial charge in [0.1, 0.15) is 0 Å². The van der Waals surface area contributed by atoms with Crippen LogP contribution in [0.3, 0.4) is 0 Å². The molecule has 0 saturated heterocycles. The molecule has 1 aromatic carbocycles. The third-order valence-corrected chi connectivity index (χ3v) is 5.55. The molecule has 27 heavy (non-hydrogen) atoms. The first-order valence-electron chi connectivity index (χ1n) is 9.12. The molecule has 1 aromatic heterocycles. The summed E-state index contributed by atoms with van der Waals surface area (Å²) in [4.78, 5) is 18.9. The van der Waals surface area contributed by atoms with E-state index in [1.54, 1.807) is 0 Å². The van der Waals surface area contributed by atoms with Gasteiger partial charge in [-0.15, -0.1) is 24.8 Å². The molecule has 0 bridgehead atoms. The second-order valence-electron chi connectivity index (χ2n) is 7.03. The number of para-hydroxylation sites is 1. The minimum atomic E-state index is -0.258. The Morgan fingerprint density at radius 1 is 1.30 bits per heavy atom. The average molecular weight is 409 g/mol. The summed E-state index contributed by atoms with van der Waals surface area (Å²) >= 11 is 0. The van der Waals surface area contributed by atoms with E-state index in [9.17, 15) is 4.79 Å². The highest BCUT2D eigenvalue weighted by Gasteiger charge is 2.40. The summed E-state index contributed by atoms with van der Waals surface area (Å²) in [5.41, 5.74) is 2.17. The number of fused-ring (bicyclic) bond motifs is 1. The molecule has 0 amide bonds. The third-order valence-electron chi connectivity index (χ3n) is 5.55. The molecule has 3 rings (SSSR count). The Balaban J connectivity index is 0.00000182. The van der Waals surface area contributed by atoms with Crippen molar-refractivity contribution in [2.45, 2.75) is 45.1 Å². The van der Waals surface area contributed by atoms with E-state index in [1.807, 2.05) is 12.3 Å². The standard InChI is InChI=1S/C20H25BN2O2.2ClH/c1-3-4-9-17(20(24)25-21)15-12-16(13-15)23(2)18-10-5-7-14-8-6-11-22-19(14)18;;/h5-8,10-11,15-17H,3-4,9,12-13H2,1-2H3;2*1H. The summed E-state index contributed by atoms with van der Waals surface area (Å²) in [5.74, 6) is 0.0320. The van der Waals surface area contributed by atoms with Crippen molar-refractivity contribution >= 4 is 55.4 Å². The summed E-state index contributed by atoms with van der Waals surface area (Å²) in [6.07, 6.45) is 6.78. The molecule has 1 saturated carbocycles. The zero-order valence-electron chi connectivity index (χ0n) is 15.8. The van der Waals surface area contributed by atoms with E-state index in [0.29, 0.717) is 12.0 Å². The van der Waals surface area contributed by atoms with E-state index in [2.05, 4.69) is 52.8 Å². The van der Waals surface area contributed by atoms with Crippen molar-refractivity contribution in [3.63, 3.8) is 0 Å². The molecule has 2 aromatic rings. The number of carbonyl (C=O) groups excluding carboxylic acids is 1. The first-order chi connectivity index (χ1) is 12.2. The largest absolute Gasteiger partial charge is 0.543 e. The van der Waals surface area contributed by atoms with E-state index in [1.165, 1.54) is 0 Å². The van der Waals surface area contributed by atoms with Crippen LogP contribution in [-0.2, 0) is 9.45 Å². The van der Waals surface area contributed by atoms with Crippen LogP contribution in [0.2, 0.25) is 0 Å². The fourth-order valence-electron chi connectivity index (χ4n) is 3.90. The fourth-order valence-corrected chi connectivity index (χ4v) is 3.90. The van der Waals surface area contributed by atoms with E-state index in [0.717, 1.165) is 48.7 Å². The number of hydrogen-bond acceptors (Lipinski definition) is 4. The van der Waals surface area contributed by atoms with Crippen molar-refractivity contribution in [1.82, 2.24) is 4.98 Å². The molecule has 1 aliphatic rings. The number of unbranched alkanes of at least 4 members (excludes halogenated alkanes) is 1. The van der Waals surface area contributed by atoms with Gasteiger partial charge < -0.3 is 9.55 Å². The first kappa shape index (κ1) is 23.6. The molecule has 7 heteroatoms. The molecule has 1 heterocycles. The number of carbonyl (C=O) groups is 1. The summed E-state index contributed by atoms with van der Waals surface area (Å²) in [7, 11) is 7.26. The quantitative estimate of drug-likeness (QED) is 0.621. The zero-order valence-corrected chi connectivity index (χ0v) is 17.5. The molecule has 1 unspecified atom stereocenters. The van der Waals surface area contributed by atoms with Crippen LogP contribution in [0.5, 0.6) is 0 Å². The van der Waals surface area contributed by atoms with Crippen molar-refractivity contribution in [2.24, 2.45) is 11.8 Å². The normalized spacial score (nSPS) is 19.2. The summed E-state index contributed by atoms with van der Waals surface area (Å²) < 4.78 is 4.54. The SMILES string of the molecule is Cl.Cl.[B]OC(=O)C(CCCC)C1CC(N(C)c2cccc3cccnc23)C1. The predicted octanol–water partition coefficient (Wildman–Crippen LogP) is 4.73. The molecule has 1 atom stereocenters. The van der Waals surface area contributed by atoms with Gasteiger partial charge in [0.25, 0.3) is 5.97 Å².